The molecule has 0 aliphatic heterocycles. The largest absolute Gasteiger partial charge is 0.359 e. The van der Waals surface area contributed by atoms with Crippen molar-refractivity contribution in [3.05, 3.63) is 59.1 Å². The monoisotopic (exact) mass is 325 g/mol. The SMILES string of the molecule is CNC(=O)Cc1ccc(NC(=O)c2nc3ccccc3s2)cc1. The van der Waals surface area contributed by atoms with Crippen molar-refractivity contribution in [2.75, 3.05) is 12.4 Å². The van der Waals surface area contributed by atoms with Gasteiger partial charge >= 0.3 is 0 Å². The number of hydrogen-bond acceptors (Lipinski definition) is 4. The van der Waals surface area contributed by atoms with E-state index in [1.54, 1.807) is 19.2 Å². The fourth-order valence-corrected chi connectivity index (χ4v) is 2.99. The average molecular weight is 325 g/mol. The number of nitrogens with one attached hydrogen (secondary N) is 2. The Bertz CT molecular complexity index is 823. The summed E-state index contributed by atoms with van der Waals surface area (Å²) in [5.74, 6) is -0.276. The first-order chi connectivity index (χ1) is 11.2. The van der Waals surface area contributed by atoms with Gasteiger partial charge in [-0.15, -0.1) is 11.3 Å². The van der Waals surface area contributed by atoms with Gasteiger partial charge in [-0.1, -0.05) is 24.3 Å². The Morgan fingerprint density at radius 1 is 1.09 bits per heavy atom. The number of para-hydroxylation sites is 1. The molecule has 6 heteroatoms. The smallest absolute Gasteiger partial charge is 0.284 e. The van der Waals surface area contributed by atoms with Gasteiger partial charge in [0.15, 0.2) is 5.01 Å². The molecule has 116 valence electrons. The van der Waals surface area contributed by atoms with Crippen molar-refractivity contribution in [2.45, 2.75) is 6.42 Å². The van der Waals surface area contributed by atoms with Gasteiger partial charge in [-0.3, -0.25) is 9.59 Å². The summed E-state index contributed by atoms with van der Waals surface area (Å²) in [6, 6.07) is 14.9. The van der Waals surface area contributed by atoms with Gasteiger partial charge in [-0.05, 0) is 29.8 Å². The van der Waals surface area contributed by atoms with Crippen LogP contribution in [0.5, 0.6) is 0 Å². The maximum Gasteiger partial charge on any atom is 0.284 e. The van der Waals surface area contributed by atoms with Crippen LogP contribution in [0.15, 0.2) is 48.5 Å². The van der Waals surface area contributed by atoms with Crippen LogP contribution in [0, 0.1) is 0 Å². The van der Waals surface area contributed by atoms with Crippen molar-refractivity contribution in [1.82, 2.24) is 10.3 Å². The van der Waals surface area contributed by atoms with E-state index < -0.39 is 0 Å². The number of aromatic nitrogens is 1. The summed E-state index contributed by atoms with van der Waals surface area (Å²) in [6.45, 7) is 0. The quantitative estimate of drug-likeness (QED) is 0.775. The van der Waals surface area contributed by atoms with E-state index >= 15 is 0 Å². The minimum atomic E-state index is -0.231. The maximum atomic E-state index is 12.3. The van der Waals surface area contributed by atoms with Crippen LogP contribution >= 0.6 is 11.3 Å². The number of fused-ring (bicyclic) bond motifs is 1. The number of likely N-dealkylation sites (N-methyl/N-ethyl adjacent to an activating group) is 1. The van der Waals surface area contributed by atoms with Crippen molar-refractivity contribution in [3.8, 4) is 0 Å². The number of amides is 2. The van der Waals surface area contributed by atoms with Gasteiger partial charge in [-0.2, -0.15) is 0 Å². The van der Waals surface area contributed by atoms with Gasteiger partial charge in [0.1, 0.15) is 0 Å². The molecule has 2 N–H and O–H groups in total. The summed E-state index contributed by atoms with van der Waals surface area (Å²) in [7, 11) is 1.61. The molecule has 0 unspecified atom stereocenters. The van der Waals surface area contributed by atoms with E-state index in [-0.39, 0.29) is 11.8 Å². The lowest BCUT2D eigenvalue weighted by Gasteiger charge is -2.05. The molecule has 0 spiro atoms. The van der Waals surface area contributed by atoms with Crippen LogP contribution in [0.1, 0.15) is 15.4 Å². The highest BCUT2D eigenvalue weighted by Gasteiger charge is 2.12. The van der Waals surface area contributed by atoms with Crippen molar-refractivity contribution in [2.24, 2.45) is 0 Å². The first-order valence-corrected chi connectivity index (χ1v) is 7.94. The van der Waals surface area contributed by atoms with Crippen molar-refractivity contribution in [1.29, 1.82) is 0 Å². The molecule has 0 radical (unpaired) electrons. The highest BCUT2D eigenvalue weighted by Crippen LogP contribution is 2.22. The lowest BCUT2D eigenvalue weighted by Crippen LogP contribution is -2.19. The van der Waals surface area contributed by atoms with Crippen LogP contribution < -0.4 is 10.6 Å². The Morgan fingerprint density at radius 2 is 1.83 bits per heavy atom. The summed E-state index contributed by atoms with van der Waals surface area (Å²) in [5.41, 5.74) is 2.39. The van der Waals surface area contributed by atoms with Crippen molar-refractivity contribution in [3.63, 3.8) is 0 Å². The third kappa shape index (κ3) is 3.54. The number of anilines is 1. The second-order valence-corrected chi connectivity index (χ2v) is 6.02. The molecule has 23 heavy (non-hydrogen) atoms. The molecule has 1 heterocycles. The molecular formula is C17H15N3O2S. The maximum absolute atomic E-state index is 12.3. The summed E-state index contributed by atoms with van der Waals surface area (Å²) < 4.78 is 0.985. The van der Waals surface area contributed by atoms with E-state index in [1.807, 2.05) is 36.4 Å². The van der Waals surface area contributed by atoms with E-state index in [4.69, 9.17) is 0 Å². The summed E-state index contributed by atoms with van der Waals surface area (Å²) in [4.78, 5) is 27.9. The summed E-state index contributed by atoms with van der Waals surface area (Å²) in [6.07, 6.45) is 0.322. The van der Waals surface area contributed by atoms with Crippen molar-refractivity contribution < 1.29 is 9.59 Å². The van der Waals surface area contributed by atoms with Gasteiger partial charge in [0.2, 0.25) is 5.91 Å². The third-order valence-corrected chi connectivity index (χ3v) is 4.38. The Labute approximate surface area is 137 Å². The first-order valence-electron chi connectivity index (χ1n) is 7.12. The molecule has 1 aromatic heterocycles. The van der Waals surface area contributed by atoms with E-state index in [0.717, 1.165) is 15.8 Å². The van der Waals surface area contributed by atoms with Crippen LogP contribution in [0.3, 0.4) is 0 Å². The number of thiazole rings is 1. The molecule has 0 aliphatic rings. The van der Waals surface area contributed by atoms with Gasteiger partial charge in [0, 0.05) is 12.7 Å². The predicted molar refractivity (Wildman–Crippen MR) is 91.8 cm³/mol. The van der Waals surface area contributed by atoms with Crippen LogP contribution in [0.2, 0.25) is 0 Å². The second kappa shape index (κ2) is 6.58. The zero-order valence-corrected chi connectivity index (χ0v) is 13.3. The van der Waals surface area contributed by atoms with Crippen LogP contribution in [0.4, 0.5) is 5.69 Å². The van der Waals surface area contributed by atoms with Crippen LogP contribution in [-0.2, 0) is 11.2 Å². The minimum absolute atomic E-state index is 0.0451. The zero-order chi connectivity index (χ0) is 16.2. The fraction of sp³-hybridized carbons (Fsp3) is 0.118. The number of rotatable bonds is 4. The lowest BCUT2D eigenvalue weighted by molar-refractivity contribution is -0.119. The lowest BCUT2D eigenvalue weighted by atomic mass is 10.1. The Kier molecular flexibility index (Phi) is 4.34. The van der Waals surface area contributed by atoms with Gasteiger partial charge in [0.05, 0.1) is 16.6 Å². The molecule has 2 amide bonds. The van der Waals surface area contributed by atoms with Gasteiger partial charge in [-0.25, -0.2) is 4.98 Å². The molecule has 0 fully saturated rings. The molecule has 0 saturated heterocycles. The van der Waals surface area contributed by atoms with E-state index in [9.17, 15) is 9.59 Å². The molecule has 5 nitrogen and oxygen atoms in total. The standard InChI is InChI=1S/C17H15N3O2S/c1-18-15(21)10-11-6-8-12(9-7-11)19-16(22)17-20-13-4-2-3-5-14(13)23-17/h2-9H,10H2,1H3,(H,18,21)(H,19,22). The highest BCUT2D eigenvalue weighted by atomic mass is 32.1. The topological polar surface area (TPSA) is 71.1 Å². The van der Waals surface area contributed by atoms with Gasteiger partial charge < -0.3 is 10.6 Å². The zero-order valence-electron chi connectivity index (χ0n) is 12.5. The number of nitrogens with zero attached hydrogens (tertiary/aromatic N) is 1. The molecule has 3 aromatic rings. The molecule has 0 bridgehead atoms. The number of benzene rings is 2. The summed E-state index contributed by atoms with van der Waals surface area (Å²) in [5, 5.41) is 5.83. The Balaban J connectivity index is 1.71. The Morgan fingerprint density at radius 3 is 2.52 bits per heavy atom. The number of hydrogen-bond donors (Lipinski definition) is 2. The third-order valence-electron chi connectivity index (χ3n) is 3.34. The molecule has 3 rings (SSSR count). The van der Waals surface area contributed by atoms with Crippen LogP contribution in [0.25, 0.3) is 10.2 Å². The first kappa shape index (κ1) is 15.2. The number of carbonyl (C=O) groups excluding carboxylic acids is 2. The fourth-order valence-electron chi connectivity index (χ4n) is 2.13. The normalized spacial score (nSPS) is 10.5. The second-order valence-electron chi connectivity index (χ2n) is 4.99. The number of carbonyl (C=O) groups is 2. The molecular weight excluding hydrogens is 310 g/mol. The summed E-state index contributed by atoms with van der Waals surface area (Å²) >= 11 is 1.36. The molecule has 0 aliphatic carbocycles. The van der Waals surface area contributed by atoms with Gasteiger partial charge in [0.25, 0.3) is 5.91 Å². The minimum Gasteiger partial charge on any atom is -0.359 e. The molecule has 0 atom stereocenters. The Hall–Kier alpha value is -2.73. The predicted octanol–water partition coefficient (Wildman–Crippen LogP) is 2.84. The van der Waals surface area contributed by atoms with Crippen LogP contribution in [-0.4, -0.2) is 23.8 Å². The molecule has 0 saturated carbocycles. The van der Waals surface area contributed by atoms with E-state index in [1.165, 1.54) is 11.3 Å². The average Bonchev–Trinajstić information content (AvgIpc) is 3.00. The highest BCUT2D eigenvalue weighted by molar-refractivity contribution is 7.20. The molecule has 2 aromatic carbocycles. The van der Waals surface area contributed by atoms with E-state index in [2.05, 4.69) is 15.6 Å². The van der Waals surface area contributed by atoms with Crippen molar-refractivity contribution >= 4 is 39.1 Å². The van der Waals surface area contributed by atoms with E-state index in [0.29, 0.717) is 17.1 Å².